The van der Waals surface area contributed by atoms with Gasteiger partial charge in [-0.25, -0.2) is 9.79 Å². The summed E-state index contributed by atoms with van der Waals surface area (Å²) in [5.74, 6) is 0.446. The molecule has 0 saturated heterocycles. The Hall–Kier alpha value is -2.28. The maximum atomic E-state index is 11.7. The third-order valence-corrected chi connectivity index (χ3v) is 3.99. The van der Waals surface area contributed by atoms with Crippen LogP contribution in [0, 0.1) is 0 Å². The van der Waals surface area contributed by atoms with Crippen LogP contribution in [0.15, 0.2) is 38.6 Å². The quantitative estimate of drug-likeness (QED) is 0.815. The van der Waals surface area contributed by atoms with Crippen LogP contribution in [0.2, 0.25) is 0 Å². The normalized spacial score (nSPS) is 18.0. The first-order chi connectivity index (χ1) is 10.5. The standard InChI is InChI=1S/C15H12BrNO5/c1-7-13(15(19)20-2)14(18)10(17-7)3-8-4-11-12(5-9(8)16)22-6-21-11/h3-5,18H,6H2,1-2H3. The van der Waals surface area contributed by atoms with Gasteiger partial charge in [0.05, 0.1) is 12.8 Å². The zero-order chi connectivity index (χ0) is 15.9. The Bertz CT molecular complexity index is 763. The molecule has 2 aliphatic rings. The number of carbonyl (C=O) groups excluding carboxylic acids is 1. The fourth-order valence-corrected chi connectivity index (χ4v) is 2.66. The van der Waals surface area contributed by atoms with E-state index in [9.17, 15) is 9.90 Å². The molecule has 0 saturated carbocycles. The lowest BCUT2D eigenvalue weighted by Gasteiger charge is -2.03. The van der Waals surface area contributed by atoms with Crippen LogP contribution in [0.25, 0.3) is 6.08 Å². The molecule has 2 heterocycles. The number of aliphatic hydroxyl groups excluding tert-OH is 1. The van der Waals surface area contributed by atoms with E-state index in [0.717, 1.165) is 10.0 Å². The summed E-state index contributed by atoms with van der Waals surface area (Å²) in [6.45, 7) is 1.81. The predicted octanol–water partition coefficient (Wildman–Crippen LogP) is 2.98. The van der Waals surface area contributed by atoms with Crippen LogP contribution >= 0.6 is 15.9 Å². The Balaban J connectivity index is 2.04. The molecule has 1 N–H and O–H groups in total. The predicted molar refractivity (Wildman–Crippen MR) is 83.0 cm³/mol. The van der Waals surface area contributed by atoms with Gasteiger partial charge in [-0.05, 0) is 30.7 Å². The van der Waals surface area contributed by atoms with Crippen LogP contribution in [0.4, 0.5) is 0 Å². The molecule has 1 aromatic carbocycles. The second-order valence-electron chi connectivity index (χ2n) is 4.67. The molecule has 0 amide bonds. The van der Waals surface area contributed by atoms with Gasteiger partial charge in [-0.1, -0.05) is 15.9 Å². The number of carbonyl (C=O) groups is 1. The number of esters is 1. The van der Waals surface area contributed by atoms with Crippen LogP contribution in [-0.2, 0) is 9.53 Å². The van der Waals surface area contributed by atoms with E-state index >= 15 is 0 Å². The average molecular weight is 366 g/mol. The van der Waals surface area contributed by atoms with Crippen LogP contribution in [0.1, 0.15) is 12.5 Å². The number of ether oxygens (including phenoxy) is 3. The molecule has 6 nitrogen and oxygen atoms in total. The van der Waals surface area contributed by atoms with Crippen molar-refractivity contribution in [2.24, 2.45) is 4.99 Å². The molecule has 7 heteroatoms. The van der Waals surface area contributed by atoms with E-state index in [4.69, 9.17) is 9.47 Å². The minimum atomic E-state index is -0.619. The molecule has 3 rings (SSSR count). The Morgan fingerprint density at radius 3 is 2.77 bits per heavy atom. The fourth-order valence-electron chi connectivity index (χ4n) is 2.23. The van der Waals surface area contributed by atoms with Crippen LogP contribution in [-0.4, -0.2) is 30.7 Å². The molecule has 114 valence electrons. The summed E-state index contributed by atoms with van der Waals surface area (Å²) in [5, 5.41) is 10.2. The van der Waals surface area contributed by atoms with Gasteiger partial charge in [0.25, 0.3) is 0 Å². The van der Waals surface area contributed by atoms with E-state index in [1.807, 2.05) is 0 Å². The number of fused-ring (bicyclic) bond motifs is 1. The molecule has 1 aromatic rings. The molecular formula is C15H12BrNO5. The maximum absolute atomic E-state index is 11.7. The van der Waals surface area contributed by atoms with Crippen molar-refractivity contribution in [3.63, 3.8) is 0 Å². The van der Waals surface area contributed by atoms with Crippen LogP contribution < -0.4 is 9.47 Å². The van der Waals surface area contributed by atoms with Crippen LogP contribution in [0.5, 0.6) is 11.5 Å². The lowest BCUT2D eigenvalue weighted by atomic mass is 10.1. The topological polar surface area (TPSA) is 77.4 Å². The minimum absolute atomic E-state index is 0.0746. The molecule has 2 aliphatic heterocycles. The van der Waals surface area contributed by atoms with Gasteiger partial charge in [-0.2, -0.15) is 0 Å². The third kappa shape index (κ3) is 2.37. The number of benzene rings is 1. The van der Waals surface area contributed by atoms with Crippen LogP contribution in [0.3, 0.4) is 0 Å². The van der Waals surface area contributed by atoms with Crippen molar-refractivity contribution in [1.82, 2.24) is 0 Å². The molecule has 0 radical (unpaired) electrons. The molecule has 0 bridgehead atoms. The molecule has 0 spiro atoms. The maximum Gasteiger partial charge on any atom is 0.343 e. The van der Waals surface area contributed by atoms with Crippen molar-refractivity contribution >= 4 is 33.7 Å². The summed E-state index contributed by atoms with van der Waals surface area (Å²) in [5.41, 5.74) is 1.52. The van der Waals surface area contributed by atoms with Gasteiger partial charge >= 0.3 is 5.97 Å². The van der Waals surface area contributed by atoms with Gasteiger partial charge in [0.2, 0.25) is 6.79 Å². The SMILES string of the molecule is COC(=O)C1=C(O)C(=Cc2cc3c(cc2Br)OCO3)N=C1C. The van der Waals surface area contributed by atoms with E-state index < -0.39 is 5.97 Å². The molecule has 0 fully saturated rings. The molecule has 0 aliphatic carbocycles. The Morgan fingerprint density at radius 1 is 1.41 bits per heavy atom. The Morgan fingerprint density at radius 2 is 2.09 bits per heavy atom. The number of hydrogen-bond donors (Lipinski definition) is 1. The Labute approximate surface area is 134 Å². The van der Waals surface area contributed by atoms with Gasteiger partial charge in [0.15, 0.2) is 17.3 Å². The summed E-state index contributed by atoms with van der Waals surface area (Å²) >= 11 is 3.43. The molecular weight excluding hydrogens is 354 g/mol. The summed E-state index contributed by atoms with van der Waals surface area (Å²) < 4.78 is 16.0. The largest absolute Gasteiger partial charge is 0.505 e. The van der Waals surface area contributed by atoms with Crippen molar-refractivity contribution in [3.8, 4) is 11.5 Å². The number of aliphatic imine (C=N–C) groups is 1. The number of halogens is 1. The second kappa shape index (κ2) is 5.49. The van der Waals surface area contributed by atoms with E-state index in [2.05, 4.69) is 25.7 Å². The van der Waals surface area contributed by atoms with E-state index in [1.54, 1.807) is 25.1 Å². The van der Waals surface area contributed by atoms with E-state index in [1.165, 1.54) is 7.11 Å². The number of rotatable bonds is 2. The number of hydrogen-bond acceptors (Lipinski definition) is 6. The lowest BCUT2D eigenvalue weighted by molar-refractivity contribution is -0.135. The first kappa shape index (κ1) is 14.6. The van der Waals surface area contributed by atoms with Gasteiger partial charge in [-0.15, -0.1) is 0 Å². The van der Waals surface area contributed by atoms with Crippen molar-refractivity contribution in [2.45, 2.75) is 6.92 Å². The zero-order valence-electron chi connectivity index (χ0n) is 11.8. The van der Waals surface area contributed by atoms with Gasteiger partial charge in [0, 0.05) is 4.47 Å². The highest BCUT2D eigenvalue weighted by Crippen LogP contribution is 2.38. The Kier molecular flexibility index (Phi) is 3.66. The van der Waals surface area contributed by atoms with E-state index in [0.29, 0.717) is 17.2 Å². The summed E-state index contributed by atoms with van der Waals surface area (Å²) in [7, 11) is 1.26. The van der Waals surface area contributed by atoms with Crippen molar-refractivity contribution in [2.75, 3.05) is 13.9 Å². The van der Waals surface area contributed by atoms with Gasteiger partial charge < -0.3 is 19.3 Å². The highest BCUT2D eigenvalue weighted by molar-refractivity contribution is 9.10. The first-order valence-electron chi connectivity index (χ1n) is 6.39. The average Bonchev–Trinajstić information content (AvgIpc) is 3.03. The molecule has 0 aromatic heterocycles. The van der Waals surface area contributed by atoms with Gasteiger partial charge in [-0.3, -0.25) is 0 Å². The smallest absolute Gasteiger partial charge is 0.343 e. The number of nitrogens with zero attached hydrogens (tertiary/aromatic N) is 1. The highest BCUT2D eigenvalue weighted by Gasteiger charge is 2.27. The lowest BCUT2D eigenvalue weighted by Crippen LogP contribution is -2.11. The molecule has 0 atom stereocenters. The second-order valence-corrected chi connectivity index (χ2v) is 5.52. The van der Waals surface area contributed by atoms with Crippen molar-refractivity contribution in [3.05, 3.63) is 39.2 Å². The van der Waals surface area contributed by atoms with Crippen molar-refractivity contribution < 1.29 is 24.1 Å². The highest BCUT2D eigenvalue weighted by atomic mass is 79.9. The summed E-state index contributed by atoms with van der Waals surface area (Å²) in [6, 6.07) is 3.55. The third-order valence-electron chi connectivity index (χ3n) is 3.30. The van der Waals surface area contributed by atoms with E-state index in [-0.39, 0.29) is 23.8 Å². The first-order valence-corrected chi connectivity index (χ1v) is 7.19. The minimum Gasteiger partial charge on any atom is -0.505 e. The summed E-state index contributed by atoms with van der Waals surface area (Å²) in [4.78, 5) is 15.9. The molecule has 0 unspecified atom stereocenters. The zero-order valence-corrected chi connectivity index (χ0v) is 13.4. The summed E-state index contributed by atoms with van der Waals surface area (Å²) in [6.07, 6.45) is 1.65. The van der Waals surface area contributed by atoms with Gasteiger partial charge in [0.1, 0.15) is 11.3 Å². The monoisotopic (exact) mass is 365 g/mol. The number of aliphatic hydroxyl groups is 1. The number of methoxy groups -OCH3 is 1. The van der Waals surface area contributed by atoms with Crippen molar-refractivity contribution in [1.29, 1.82) is 0 Å². The molecule has 22 heavy (non-hydrogen) atoms. The fraction of sp³-hybridized carbons (Fsp3) is 0.200.